The molecule has 1 atom stereocenters. The van der Waals surface area contributed by atoms with Crippen LogP contribution in [0.5, 0.6) is 0 Å². The molecule has 0 aromatic heterocycles. The van der Waals surface area contributed by atoms with Crippen molar-refractivity contribution in [3.05, 3.63) is 0 Å². The minimum Gasteiger partial charge on any atom is -0.467 e. The van der Waals surface area contributed by atoms with Gasteiger partial charge >= 0.3 is 18.2 Å². The lowest BCUT2D eigenvalue weighted by atomic mass is 9.88. The number of nitrogens with one attached hydrogen (secondary N) is 1. The molecule has 0 aromatic carbocycles. The van der Waals surface area contributed by atoms with E-state index in [2.05, 4.69) is 4.74 Å². The number of hydrogen-bond donors (Lipinski definition) is 1. The van der Waals surface area contributed by atoms with Crippen molar-refractivity contribution >= 4 is 20.1 Å². The Labute approximate surface area is 135 Å². The zero-order valence-corrected chi connectivity index (χ0v) is 15.5. The number of amides is 1. The predicted molar refractivity (Wildman–Crippen MR) is 82.9 cm³/mol. The van der Waals surface area contributed by atoms with Gasteiger partial charge in [-0.05, 0) is 18.4 Å². The molecule has 0 heterocycles. The zero-order chi connectivity index (χ0) is 18.5. The van der Waals surface area contributed by atoms with E-state index >= 15 is 0 Å². The highest BCUT2D eigenvalue weighted by Gasteiger charge is 2.63. The van der Waals surface area contributed by atoms with E-state index < -0.39 is 44.2 Å². The molecule has 9 heteroatoms. The van der Waals surface area contributed by atoms with E-state index in [0.29, 0.717) is 6.04 Å². The molecular weight excluding hydrogens is 331 g/mol. The van der Waals surface area contributed by atoms with E-state index in [-0.39, 0.29) is 6.61 Å². The molecule has 0 aliphatic rings. The smallest absolute Gasteiger partial charge is 0.422 e. The van der Waals surface area contributed by atoms with Gasteiger partial charge in [0.2, 0.25) is 5.54 Å². The van der Waals surface area contributed by atoms with Gasteiger partial charge in [0.25, 0.3) is 0 Å². The molecule has 0 rings (SSSR count). The van der Waals surface area contributed by atoms with E-state index in [4.69, 9.17) is 4.74 Å². The lowest BCUT2D eigenvalue weighted by Crippen LogP contribution is -2.65. The highest BCUT2D eigenvalue weighted by molar-refractivity contribution is 6.76. The fraction of sp³-hybridized carbons (Fsp3) is 0.857. The van der Waals surface area contributed by atoms with Gasteiger partial charge in [-0.2, -0.15) is 13.2 Å². The quantitative estimate of drug-likeness (QED) is 0.559. The minimum absolute atomic E-state index is 0.0122. The van der Waals surface area contributed by atoms with Crippen molar-refractivity contribution in [3.63, 3.8) is 0 Å². The number of halogens is 3. The SMILES string of the molecule is COC(=O)C(CC(C)C)(NC(=O)OCC[Si](C)(C)C)C(F)(F)F. The van der Waals surface area contributed by atoms with Crippen LogP contribution in [-0.2, 0) is 14.3 Å². The van der Waals surface area contributed by atoms with Crippen LogP contribution in [0, 0.1) is 5.92 Å². The molecule has 0 aliphatic heterocycles. The van der Waals surface area contributed by atoms with E-state index in [1.165, 1.54) is 13.8 Å². The summed E-state index contributed by atoms with van der Waals surface area (Å²) in [6.07, 6.45) is -6.90. The molecule has 0 aromatic rings. The summed E-state index contributed by atoms with van der Waals surface area (Å²) in [5.41, 5.74) is -3.10. The van der Waals surface area contributed by atoms with Crippen LogP contribution in [0.3, 0.4) is 0 Å². The molecule has 0 aliphatic carbocycles. The predicted octanol–water partition coefficient (Wildman–Crippen LogP) is 3.57. The average Bonchev–Trinajstić information content (AvgIpc) is 2.33. The van der Waals surface area contributed by atoms with Gasteiger partial charge in [0.1, 0.15) is 0 Å². The van der Waals surface area contributed by atoms with Crippen molar-refractivity contribution < 1.29 is 32.2 Å². The van der Waals surface area contributed by atoms with E-state index in [9.17, 15) is 22.8 Å². The molecule has 0 saturated carbocycles. The molecule has 1 amide bonds. The number of carbonyl (C=O) groups excluding carboxylic acids is 2. The number of ether oxygens (including phenoxy) is 2. The van der Waals surface area contributed by atoms with Crippen molar-refractivity contribution in [2.24, 2.45) is 5.92 Å². The second-order valence-electron chi connectivity index (χ2n) is 7.06. The first kappa shape index (κ1) is 21.7. The van der Waals surface area contributed by atoms with Crippen LogP contribution in [0.1, 0.15) is 20.3 Å². The maximum absolute atomic E-state index is 13.5. The highest BCUT2D eigenvalue weighted by atomic mass is 28.3. The standard InChI is InChI=1S/C14H26F3NO4Si/c1-10(2)9-13(11(19)21-3,14(15,16)17)18-12(20)22-7-8-23(4,5)6/h10H,7-9H2,1-6H3,(H,18,20). The first-order valence-electron chi connectivity index (χ1n) is 7.35. The Morgan fingerprint density at radius 2 is 1.70 bits per heavy atom. The summed E-state index contributed by atoms with van der Waals surface area (Å²) in [7, 11) is -0.644. The van der Waals surface area contributed by atoms with Crippen molar-refractivity contribution in [1.29, 1.82) is 0 Å². The monoisotopic (exact) mass is 357 g/mol. The second-order valence-corrected chi connectivity index (χ2v) is 12.7. The van der Waals surface area contributed by atoms with Crippen LogP contribution in [0.25, 0.3) is 0 Å². The number of alkyl halides is 3. The van der Waals surface area contributed by atoms with Crippen molar-refractivity contribution in [2.45, 2.75) is 57.7 Å². The van der Waals surface area contributed by atoms with E-state index in [1.807, 2.05) is 19.6 Å². The molecule has 5 nitrogen and oxygen atoms in total. The largest absolute Gasteiger partial charge is 0.467 e. The molecule has 0 saturated heterocycles. The number of rotatable bonds is 7. The maximum Gasteiger partial charge on any atom is 0.422 e. The van der Waals surface area contributed by atoms with Gasteiger partial charge in [-0.25, -0.2) is 9.59 Å². The zero-order valence-electron chi connectivity index (χ0n) is 14.5. The van der Waals surface area contributed by atoms with Crippen molar-refractivity contribution in [1.82, 2.24) is 5.32 Å². The van der Waals surface area contributed by atoms with E-state index in [1.54, 1.807) is 5.32 Å². The minimum atomic E-state index is -5.00. The third kappa shape index (κ3) is 6.80. The Kier molecular flexibility index (Phi) is 7.59. The van der Waals surface area contributed by atoms with Gasteiger partial charge in [0, 0.05) is 8.07 Å². The molecular formula is C14H26F3NO4Si. The summed E-state index contributed by atoms with van der Waals surface area (Å²) in [6.45, 7) is 9.17. The summed E-state index contributed by atoms with van der Waals surface area (Å²) >= 11 is 0. The Balaban J connectivity index is 5.22. The lowest BCUT2D eigenvalue weighted by Gasteiger charge is -2.34. The summed E-state index contributed by atoms with van der Waals surface area (Å²) < 4.78 is 49.5. The molecule has 23 heavy (non-hydrogen) atoms. The topological polar surface area (TPSA) is 64.6 Å². The summed E-state index contributed by atoms with van der Waals surface area (Å²) in [4.78, 5) is 23.5. The van der Waals surface area contributed by atoms with Gasteiger partial charge in [-0.1, -0.05) is 33.5 Å². The molecule has 0 radical (unpaired) electrons. The maximum atomic E-state index is 13.5. The summed E-state index contributed by atoms with van der Waals surface area (Å²) in [5, 5.41) is 1.69. The van der Waals surface area contributed by atoms with Crippen molar-refractivity contribution in [2.75, 3.05) is 13.7 Å². The van der Waals surface area contributed by atoms with Crippen LogP contribution in [0.2, 0.25) is 25.7 Å². The Hall–Kier alpha value is -1.25. The van der Waals surface area contributed by atoms with Gasteiger partial charge in [0.05, 0.1) is 13.7 Å². The van der Waals surface area contributed by atoms with Gasteiger partial charge in [-0.15, -0.1) is 0 Å². The molecule has 1 N–H and O–H groups in total. The number of methoxy groups -OCH3 is 1. The first-order valence-corrected chi connectivity index (χ1v) is 11.1. The highest BCUT2D eigenvalue weighted by Crippen LogP contribution is 2.36. The Morgan fingerprint density at radius 3 is 2.04 bits per heavy atom. The van der Waals surface area contributed by atoms with Crippen LogP contribution in [-0.4, -0.2) is 45.6 Å². The molecule has 0 bridgehead atoms. The number of hydrogen-bond acceptors (Lipinski definition) is 4. The third-order valence-electron chi connectivity index (χ3n) is 3.13. The molecule has 1 unspecified atom stereocenters. The lowest BCUT2D eigenvalue weighted by molar-refractivity contribution is -0.213. The summed E-state index contributed by atoms with van der Waals surface area (Å²) in [5.74, 6) is -2.06. The van der Waals surface area contributed by atoms with Crippen LogP contribution < -0.4 is 5.32 Å². The van der Waals surface area contributed by atoms with Crippen LogP contribution in [0.4, 0.5) is 18.0 Å². The Morgan fingerprint density at radius 1 is 1.17 bits per heavy atom. The van der Waals surface area contributed by atoms with Crippen molar-refractivity contribution in [3.8, 4) is 0 Å². The Bertz CT molecular complexity index is 421. The number of alkyl carbamates (subject to hydrolysis) is 1. The fourth-order valence-corrected chi connectivity index (χ4v) is 2.65. The molecule has 0 fully saturated rings. The second kappa shape index (κ2) is 8.03. The average molecular weight is 357 g/mol. The molecule has 136 valence electrons. The van der Waals surface area contributed by atoms with Gasteiger partial charge < -0.3 is 9.47 Å². The van der Waals surface area contributed by atoms with Crippen LogP contribution in [0.15, 0.2) is 0 Å². The van der Waals surface area contributed by atoms with Gasteiger partial charge in [-0.3, -0.25) is 5.32 Å². The van der Waals surface area contributed by atoms with Gasteiger partial charge in [0.15, 0.2) is 0 Å². The first-order chi connectivity index (χ1) is 10.2. The third-order valence-corrected chi connectivity index (χ3v) is 4.84. The number of carbonyl (C=O) groups is 2. The number of esters is 1. The fourth-order valence-electron chi connectivity index (χ4n) is 1.93. The molecule has 0 spiro atoms. The van der Waals surface area contributed by atoms with E-state index in [0.717, 1.165) is 7.11 Å². The summed E-state index contributed by atoms with van der Waals surface area (Å²) in [6, 6.07) is 0.613. The normalized spacial score (nSPS) is 15.0. The van der Waals surface area contributed by atoms with Crippen LogP contribution >= 0.6 is 0 Å².